The van der Waals surface area contributed by atoms with Gasteiger partial charge in [0, 0.05) is 35.2 Å². The maximum atomic E-state index is 15.0. The number of aromatic nitrogens is 4. The van der Waals surface area contributed by atoms with Gasteiger partial charge in [-0.15, -0.1) is 0 Å². The molecule has 0 saturated carbocycles. The molecule has 1 aliphatic rings. The molecule has 0 saturated heterocycles. The van der Waals surface area contributed by atoms with Gasteiger partial charge in [-0.25, -0.2) is 23.5 Å². The topological polar surface area (TPSA) is 119 Å². The number of nitrogens with two attached hydrogens (primary N) is 1. The molecule has 0 radical (unpaired) electrons. The number of carbonyl (C=O) groups is 1. The lowest BCUT2D eigenvalue weighted by Crippen LogP contribution is -2.37. The van der Waals surface area contributed by atoms with Crippen LogP contribution in [-0.2, 0) is 24.9 Å². The minimum absolute atomic E-state index is 0.0000515. The van der Waals surface area contributed by atoms with E-state index in [1.807, 2.05) is 0 Å². The highest BCUT2D eigenvalue weighted by atomic mass is 19.4. The zero-order valence-electron chi connectivity index (χ0n) is 26.3. The summed E-state index contributed by atoms with van der Waals surface area (Å²) in [7, 11) is 0. The summed E-state index contributed by atoms with van der Waals surface area (Å²) in [5, 5.41) is 17.1. The van der Waals surface area contributed by atoms with Crippen molar-refractivity contribution in [2.24, 2.45) is 0 Å². The monoisotopic (exact) mass is 696 g/mol. The van der Waals surface area contributed by atoms with E-state index < -0.39 is 77.6 Å². The van der Waals surface area contributed by atoms with Crippen molar-refractivity contribution in [1.29, 1.82) is 0 Å². The van der Waals surface area contributed by atoms with E-state index in [0.717, 1.165) is 12.1 Å². The maximum absolute atomic E-state index is 15.0. The van der Waals surface area contributed by atoms with Gasteiger partial charge in [0.2, 0.25) is 0 Å². The number of nitrogen functional groups attached to an aromatic ring is 1. The number of halogens is 7. The fourth-order valence-electron chi connectivity index (χ4n) is 5.95. The summed E-state index contributed by atoms with van der Waals surface area (Å²) in [6, 6.07) is 9.51. The Kier molecular flexibility index (Phi) is 8.55. The van der Waals surface area contributed by atoms with Crippen LogP contribution in [0.5, 0.6) is 0 Å². The highest BCUT2D eigenvalue weighted by molar-refractivity contribution is 6.01. The zero-order valence-corrected chi connectivity index (χ0v) is 26.3. The molecule has 1 atom stereocenters. The number of anilines is 1. The van der Waals surface area contributed by atoms with Crippen LogP contribution in [0.15, 0.2) is 60.8 Å². The molecular formula is C35H27F7N6O2. The standard InChI is InChI=1S/C35H27F7N6O2/c1-33(2,50)11-8-21-6-7-24(22-4-3-5-25-23(22)10-13-44-31(25)43)28(45-21)27(16-18-14-19(36)17-20(37)15-18)46-32(49)48-30-26(9-12-34(30,38)39)29(47-48)35(40,41)42/h3-7,10,13-15,17,27,50H,9,12,16H2,1-2H3,(H2,43,44)(H,46,49). The molecule has 0 spiro atoms. The van der Waals surface area contributed by atoms with E-state index in [-0.39, 0.29) is 27.5 Å². The third-order valence-electron chi connectivity index (χ3n) is 8.02. The normalized spacial score (nSPS) is 14.6. The van der Waals surface area contributed by atoms with Crippen LogP contribution in [0.1, 0.15) is 60.2 Å². The average Bonchev–Trinajstić information content (AvgIpc) is 3.57. The molecule has 3 heterocycles. The lowest BCUT2D eigenvalue weighted by Gasteiger charge is -2.23. The Labute approximate surface area is 280 Å². The number of aliphatic hydroxyl groups is 1. The number of carbonyl (C=O) groups excluding carboxylic acids is 1. The van der Waals surface area contributed by atoms with Crippen molar-refractivity contribution in [2.45, 2.75) is 56.9 Å². The Balaban J connectivity index is 1.57. The van der Waals surface area contributed by atoms with Crippen molar-refractivity contribution in [3.8, 4) is 23.0 Å². The van der Waals surface area contributed by atoms with E-state index in [1.165, 1.54) is 26.1 Å². The van der Waals surface area contributed by atoms with Gasteiger partial charge in [0.15, 0.2) is 5.69 Å². The molecule has 0 fully saturated rings. The van der Waals surface area contributed by atoms with Gasteiger partial charge in [-0.2, -0.15) is 31.7 Å². The Morgan fingerprint density at radius 1 is 1.06 bits per heavy atom. The molecule has 1 amide bonds. The smallest absolute Gasteiger partial charge is 0.383 e. The number of rotatable bonds is 5. The van der Waals surface area contributed by atoms with Crippen molar-refractivity contribution in [3.63, 3.8) is 0 Å². The number of pyridine rings is 2. The number of hydrogen-bond donors (Lipinski definition) is 3. The quantitative estimate of drug-likeness (QED) is 0.134. The molecule has 258 valence electrons. The largest absolute Gasteiger partial charge is 0.435 e. The number of hydrogen-bond acceptors (Lipinski definition) is 6. The fourth-order valence-corrected chi connectivity index (χ4v) is 5.95. The summed E-state index contributed by atoms with van der Waals surface area (Å²) in [5.74, 6) is -0.196. The summed E-state index contributed by atoms with van der Waals surface area (Å²) >= 11 is 0. The van der Waals surface area contributed by atoms with Crippen LogP contribution in [-0.4, -0.2) is 36.5 Å². The molecule has 50 heavy (non-hydrogen) atoms. The zero-order chi connectivity index (χ0) is 36.2. The second kappa shape index (κ2) is 12.4. The molecule has 8 nitrogen and oxygen atoms in total. The van der Waals surface area contributed by atoms with Gasteiger partial charge in [0.05, 0.1) is 11.7 Å². The first-order chi connectivity index (χ1) is 23.4. The molecule has 1 aliphatic carbocycles. The molecule has 15 heteroatoms. The highest BCUT2D eigenvalue weighted by Crippen LogP contribution is 2.46. The van der Waals surface area contributed by atoms with Gasteiger partial charge in [-0.3, -0.25) is 0 Å². The van der Waals surface area contributed by atoms with Gasteiger partial charge in [-0.1, -0.05) is 24.1 Å². The number of nitrogens with zero attached hydrogens (tertiary/aromatic N) is 4. The first-order valence-corrected chi connectivity index (χ1v) is 15.1. The Morgan fingerprint density at radius 3 is 2.46 bits per heavy atom. The van der Waals surface area contributed by atoms with Crippen molar-refractivity contribution in [2.75, 3.05) is 5.73 Å². The van der Waals surface area contributed by atoms with Crippen molar-refractivity contribution in [1.82, 2.24) is 25.1 Å². The third kappa shape index (κ3) is 6.84. The number of fused-ring (bicyclic) bond motifs is 2. The molecule has 0 bridgehead atoms. The van der Waals surface area contributed by atoms with Crippen LogP contribution in [0, 0.1) is 23.5 Å². The van der Waals surface area contributed by atoms with Crippen molar-refractivity contribution >= 4 is 22.6 Å². The van der Waals surface area contributed by atoms with E-state index in [1.54, 1.807) is 30.3 Å². The van der Waals surface area contributed by atoms with Crippen LogP contribution in [0.4, 0.5) is 41.3 Å². The summed E-state index contributed by atoms with van der Waals surface area (Å²) in [6.45, 7) is 2.86. The molecule has 4 N–H and O–H groups in total. The third-order valence-corrected chi connectivity index (χ3v) is 8.02. The van der Waals surface area contributed by atoms with Gasteiger partial charge >= 0.3 is 12.2 Å². The lowest BCUT2D eigenvalue weighted by atomic mass is 9.92. The van der Waals surface area contributed by atoms with Gasteiger partial charge < -0.3 is 16.2 Å². The number of amides is 1. The molecule has 2 aromatic carbocycles. The van der Waals surface area contributed by atoms with Crippen LogP contribution >= 0.6 is 0 Å². The van der Waals surface area contributed by atoms with Crippen molar-refractivity contribution in [3.05, 3.63) is 106 Å². The minimum atomic E-state index is -5.14. The van der Waals surface area contributed by atoms with Gasteiger partial charge in [0.25, 0.3) is 5.92 Å². The predicted molar refractivity (Wildman–Crippen MR) is 169 cm³/mol. The van der Waals surface area contributed by atoms with Crippen LogP contribution in [0.3, 0.4) is 0 Å². The number of alkyl halides is 5. The number of nitrogens with one attached hydrogen (secondary N) is 1. The van der Waals surface area contributed by atoms with E-state index in [2.05, 4.69) is 32.2 Å². The minimum Gasteiger partial charge on any atom is -0.383 e. The average molecular weight is 697 g/mol. The second-order valence-corrected chi connectivity index (χ2v) is 12.3. The summed E-state index contributed by atoms with van der Waals surface area (Å²) < 4.78 is 100. The molecule has 6 rings (SSSR count). The summed E-state index contributed by atoms with van der Waals surface area (Å²) in [4.78, 5) is 22.5. The Morgan fingerprint density at radius 2 is 1.78 bits per heavy atom. The summed E-state index contributed by atoms with van der Waals surface area (Å²) in [6.07, 6.45) is -5.72. The van der Waals surface area contributed by atoms with E-state index >= 15 is 8.78 Å². The second-order valence-electron chi connectivity index (χ2n) is 12.3. The van der Waals surface area contributed by atoms with E-state index in [0.29, 0.717) is 28.0 Å². The maximum Gasteiger partial charge on any atom is 0.435 e. The molecular weight excluding hydrogens is 669 g/mol. The SMILES string of the molecule is CC(C)(O)C#Cc1ccc(-c2cccc3c(N)nccc23)c(C(Cc2cc(F)cc(F)c2)NC(=O)n2nc(C(F)(F)F)c3c2C(F)(F)CC3)n1. The molecule has 0 aliphatic heterocycles. The van der Waals surface area contributed by atoms with Crippen LogP contribution in [0.25, 0.3) is 21.9 Å². The molecule has 3 aromatic heterocycles. The van der Waals surface area contributed by atoms with E-state index in [9.17, 15) is 31.9 Å². The molecule has 5 aromatic rings. The fraction of sp³-hybridized carbons (Fsp3) is 0.257. The van der Waals surface area contributed by atoms with Crippen LogP contribution in [0.2, 0.25) is 0 Å². The number of benzene rings is 2. The van der Waals surface area contributed by atoms with Crippen LogP contribution < -0.4 is 11.1 Å². The van der Waals surface area contributed by atoms with Gasteiger partial charge in [-0.05, 0) is 79.5 Å². The first-order valence-electron chi connectivity index (χ1n) is 15.1. The summed E-state index contributed by atoms with van der Waals surface area (Å²) in [5.41, 5.74) is 1.93. The predicted octanol–water partition coefficient (Wildman–Crippen LogP) is 7.07. The van der Waals surface area contributed by atoms with E-state index in [4.69, 9.17) is 5.73 Å². The molecule has 1 unspecified atom stereocenters. The van der Waals surface area contributed by atoms with Gasteiger partial charge in [0.1, 0.15) is 34.4 Å². The Bertz CT molecular complexity index is 2190. The van der Waals surface area contributed by atoms with Crippen molar-refractivity contribution < 1.29 is 40.6 Å². The Hall–Kier alpha value is -5.49. The lowest BCUT2D eigenvalue weighted by molar-refractivity contribution is -0.142. The highest BCUT2D eigenvalue weighted by Gasteiger charge is 2.51. The first kappa shape index (κ1) is 34.4.